The zero-order chi connectivity index (χ0) is 13.7. The molecule has 5 heteroatoms. The van der Waals surface area contributed by atoms with Gasteiger partial charge in [-0.2, -0.15) is 0 Å². The molecule has 0 aliphatic carbocycles. The van der Waals surface area contributed by atoms with Crippen molar-refractivity contribution in [3.63, 3.8) is 0 Å². The van der Waals surface area contributed by atoms with Crippen LogP contribution >= 0.6 is 31.9 Å². The molecule has 0 spiro atoms. The number of hydrogen-bond donors (Lipinski definition) is 1. The van der Waals surface area contributed by atoms with Gasteiger partial charge in [0.2, 0.25) is 0 Å². The highest BCUT2D eigenvalue weighted by Gasteiger charge is 2.17. The summed E-state index contributed by atoms with van der Waals surface area (Å²) in [5, 5.41) is 3.53. The van der Waals surface area contributed by atoms with Crippen LogP contribution in [-0.2, 0) is 6.42 Å². The maximum Gasteiger partial charge on any atom is 0.0935 e. The van der Waals surface area contributed by atoms with Crippen LogP contribution in [0.15, 0.2) is 44.2 Å². The molecule has 3 nitrogen and oxygen atoms in total. The van der Waals surface area contributed by atoms with Gasteiger partial charge in [0.25, 0.3) is 0 Å². The average Bonchev–Trinajstić information content (AvgIpc) is 2.88. The summed E-state index contributed by atoms with van der Waals surface area (Å²) in [4.78, 5) is 4.52. The summed E-state index contributed by atoms with van der Waals surface area (Å²) in [6.07, 6.45) is 7.28. The van der Waals surface area contributed by atoms with E-state index in [1.54, 1.807) is 12.5 Å². The van der Waals surface area contributed by atoms with Crippen LogP contribution in [-0.4, -0.2) is 11.5 Å². The van der Waals surface area contributed by atoms with E-state index in [1.165, 1.54) is 5.56 Å². The van der Waals surface area contributed by atoms with Gasteiger partial charge in [0.1, 0.15) is 0 Å². The lowest BCUT2D eigenvalue weighted by atomic mass is 10.1. The van der Waals surface area contributed by atoms with Crippen LogP contribution in [0.1, 0.15) is 30.6 Å². The van der Waals surface area contributed by atoms with Gasteiger partial charge in [-0.1, -0.05) is 6.92 Å². The van der Waals surface area contributed by atoms with Gasteiger partial charge in [0.15, 0.2) is 0 Å². The first kappa shape index (κ1) is 14.8. The molecule has 0 aliphatic heterocycles. The van der Waals surface area contributed by atoms with E-state index in [1.807, 2.05) is 18.3 Å². The lowest BCUT2D eigenvalue weighted by Gasteiger charge is -2.18. The van der Waals surface area contributed by atoms with Crippen LogP contribution in [0.5, 0.6) is 0 Å². The van der Waals surface area contributed by atoms with Crippen LogP contribution < -0.4 is 5.32 Å². The van der Waals surface area contributed by atoms with Crippen molar-refractivity contribution in [1.82, 2.24) is 10.3 Å². The Bertz CT molecular complexity index is 514. The fourth-order valence-corrected chi connectivity index (χ4v) is 3.17. The summed E-state index contributed by atoms with van der Waals surface area (Å²) in [6.45, 7) is 3.12. The van der Waals surface area contributed by atoms with Crippen molar-refractivity contribution in [2.45, 2.75) is 25.8 Å². The topological polar surface area (TPSA) is 38.1 Å². The predicted octanol–water partition coefficient (Wildman–Crippen LogP) is 4.48. The number of nitrogens with zero attached hydrogens (tertiary/aromatic N) is 1. The van der Waals surface area contributed by atoms with Crippen molar-refractivity contribution in [2.24, 2.45) is 0 Å². The van der Waals surface area contributed by atoms with Crippen molar-refractivity contribution < 1.29 is 4.42 Å². The number of rotatable bonds is 6. The molecule has 1 unspecified atom stereocenters. The molecular weight excluding hydrogens is 372 g/mol. The monoisotopic (exact) mass is 386 g/mol. The summed E-state index contributed by atoms with van der Waals surface area (Å²) >= 11 is 7.02. The van der Waals surface area contributed by atoms with Crippen molar-refractivity contribution >= 4 is 31.9 Å². The van der Waals surface area contributed by atoms with Gasteiger partial charge in [-0.25, -0.2) is 0 Å². The van der Waals surface area contributed by atoms with Crippen molar-refractivity contribution in [3.8, 4) is 0 Å². The Labute approximate surface area is 130 Å². The molecule has 2 aromatic heterocycles. The van der Waals surface area contributed by atoms with Crippen molar-refractivity contribution in [2.75, 3.05) is 6.54 Å². The number of hydrogen-bond acceptors (Lipinski definition) is 3. The summed E-state index contributed by atoms with van der Waals surface area (Å²) in [5.74, 6) is 0. The Morgan fingerprint density at radius 1 is 1.42 bits per heavy atom. The average molecular weight is 388 g/mol. The fourth-order valence-electron chi connectivity index (χ4n) is 1.91. The largest absolute Gasteiger partial charge is 0.472 e. The van der Waals surface area contributed by atoms with E-state index < -0.39 is 0 Å². The molecule has 2 aromatic rings. The predicted molar refractivity (Wildman–Crippen MR) is 83.1 cm³/mol. The highest BCUT2D eigenvalue weighted by Crippen LogP contribution is 2.27. The SMILES string of the molecule is CCCNC(Cc1ccoc1)c1ncc(Br)cc1Br. The van der Waals surface area contributed by atoms with Crippen molar-refractivity contribution in [3.05, 3.63) is 51.1 Å². The second-order valence-electron chi connectivity index (χ2n) is 4.36. The minimum atomic E-state index is 0.181. The van der Waals surface area contributed by atoms with E-state index in [4.69, 9.17) is 4.42 Å². The minimum absolute atomic E-state index is 0.181. The molecule has 1 N–H and O–H groups in total. The second kappa shape index (κ2) is 7.22. The van der Waals surface area contributed by atoms with Gasteiger partial charge in [0, 0.05) is 15.1 Å². The Hall–Kier alpha value is -0.650. The third-order valence-electron chi connectivity index (χ3n) is 2.83. The van der Waals surface area contributed by atoms with Gasteiger partial charge in [-0.15, -0.1) is 0 Å². The van der Waals surface area contributed by atoms with Gasteiger partial charge < -0.3 is 9.73 Å². The number of nitrogens with one attached hydrogen (secondary N) is 1. The molecule has 1 atom stereocenters. The molecule has 0 radical (unpaired) electrons. The van der Waals surface area contributed by atoms with Gasteiger partial charge in [-0.3, -0.25) is 4.98 Å². The van der Waals surface area contributed by atoms with Gasteiger partial charge >= 0.3 is 0 Å². The first-order valence-corrected chi connectivity index (χ1v) is 7.84. The molecule has 102 valence electrons. The minimum Gasteiger partial charge on any atom is -0.472 e. The first-order valence-electron chi connectivity index (χ1n) is 6.26. The van der Waals surface area contributed by atoms with Crippen molar-refractivity contribution in [1.29, 1.82) is 0 Å². The smallest absolute Gasteiger partial charge is 0.0935 e. The molecule has 0 aliphatic rings. The lowest BCUT2D eigenvalue weighted by Crippen LogP contribution is -2.25. The number of pyridine rings is 1. The summed E-state index contributed by atoms with van der Waals surface area (Å²) in [6, 6.07) is 4.20. The number of aromatic nitrogens is 1. The Balaban J connectivity index is 2.20. The van der Waals surface area contributed by atoms with E-state index in [2.05, 4.69) is 49.1 Å². The van der Waals surface area contributed by atoms with Gasteiger partial charge in [-0.05, 0) is 68.9 Å². The summed E-state index contributed by atoms with van der Waals surface area (Å²) in [5.41, 5.74) is 2.20. The lowest BCUT2D eigenvalue weighted by molar-refractivity contribution is 0.509. The molecule has 0 fully saturated rings. The molecule has 0 amide bonds. The second-order valence-corrected chi connectivity index (χ2v) is 6.13. The number of furan rings is 1. The molecule has 0 saturated heterocycles. The normalized spacial score (nSPS) is 12.6. The maximum atomic E-state index is 5.14. The first-order chi connectivity index (χ1) is 9.20. The highest BCUT2D eigenvalue weighted by atomic mass is 79.9. The third kappa shape index (κ3) is 4.16. The standard InChI is InChI=1S/C14H16Br2N2O/c1-2-4-17-13(6-10-3-5-19-9-10)14-12(16)7-11(15)8-18-14/h3,5,7-9,13,17H,2,4,6H2,1H3. The zero-order valence-corrected chi connectivity index (χ0v) is 13.9. The molecular formula is C14H16Br2N2O. The third-order valence-corrected chi connectivity index (χ3v) is 3.90. The summed E-state index contributed by atoms with van der Waals surface area (Å²) in [7, 11) is 0. The molecule has 2 rings (SSSR count). The van der Waals surface area contributed by atoms with Crippen LogP contribution in [0, 0.1) is 0 Å². The van der Waals surface area contributed by atoms with E-state index in [0.29, 0.717) is 0 Å². The quantitative estimate of drug-likeness (QED) is 0.793. The molecule has 2 heterocycles. The zero-order valence-electron chi connectivity index (χ0n) is 10.7. The Morgan fingerprint density at radius 2 is 2.26 bits per heavy atom. The highest BCUT2D eigenvalue weighted by molar-refractivity contribution is 9.11. The summed E-state index contributed by atoms with van der Waals surface area (Å²) < 4.78 is 7.12. The van der Waals surface area contributed by atoms with E-state index in [0.717, 1.165) is 34.0 Å². The van der Waals surface area contributed by atoms with E-state index in [9.17, 15) is 0 Å². The van der Waals surface area contributed by atoms with Crippen LogP contribution in [0.4, 0.5) is 0 Å². The van der Waals surface area contributed by atoms with E-state index in [-0.39, 0.29) is 6.04 Å². The van der Waals surface area contributed by atoms with Gasteiger partial charge in [0.05, 0.1) is 24.3 Å². The molecule has 0 bridgehead atoms. The Morgan fingerprint density at radius 3 is 2.89 bits per heavy atom. The van der Waals surface area contributed by atoms with E-state index >= 15 is 0 Å². The van der Waals surface area contributed by atoms with Crippen LogP contribution in [0.25, 0.3) is 0 Å². The maximum absolute atomic E-state index is 5.14. The molecule has 0 aromatic carbocycles. The van der Waals surface area contributed by atoms with Crippen LogP contribution in [0.3, 0.4) is 0 Å². The Kier molecular flexibility index (Phi) is 5.60. The molecule has 0 saturated carbocycles. The number of halogens is 2. The van der Waals surface area contributed by atoms with Crippen LogP contribution in [0.2, 0.25) is 0 Å². The fraction of sp³-hybridized carbons (Fsp3) is 0.357. The molecule has 19 heavy (non-hydrogen) atoms.